The Morgan fingerprint density at radius 3 is 2.33 bits per heavy atom. The zero-order valence-electron chi connectivity index (χ0n) is 16.4. The van der Waals surface area contributed by atoms with Gasteiger partial charge in [-0.3, -0.25) is 9.52 Å². The van der Waals surface area contributed by atoms with E-state index in [1.165, 1.54) is 56.7 Å². The van der Waals surface area contributed by atoms with Crippen LogP contribution in [0, 0.1) is 0 Å². The fourth-order valence-electron chi connectivity index (χ4n) is 3.07. The molecule has 0 saturated carbocycles. The molecule has 30 heavy (non-hydrogen) atoms. The standard InChI is InChI=1S/C19H22N2O7S2/c1-27-16-7-8-18(17(11-16)28-2)30(25,26)21-14-5-3-13(4-6-14)19(22)20-15-9-10-29(23,24)12-15/h3-8,11,15,21H,9-10,12H2,1-2H3,(H,20,22)/t15-/m1/s1. The van der Waals surface area contributed by atoms with Gasteiger partial charge < -0.3 is 14.8 Å². The van der Waals surface area contributed by atoms with E-state index in [0.717, 1.165) is 0 Å². The molecule has 9 nitrogen and oxygen atoms in total. The van der Waals surface area contributed by atoms with Crippen LogP contribution in [0.25, 0.3) is 0 Å². The minimum Gasteiger partial charge on any atom is -0.497 e. The monoisotopic (exact) mass is 454 g/mol. The first-order valence-corrected chi connectivity index (χ1v) is 12.3. The number of carbonyl (C=O) groups excluding carboxylic acids is 1. The molecule has 1 fully saturated rings. The molecule has 1 atom stereocenters. The van der Waals surface area contributed by atoms with Gasteiger partial charge in [-0.2, -0.15) is 0 Å². The summed E-state index contributed by atoms with van der Waals surface area (Å²) in [7, 11) is -4.22. The fourth-order valence-corrected chi connectivity index (χ4v) is 5.96. The van der Waals surface area contributed by atoms with E-state index in [-0.39, 0.29) is 27.8 Å². The van der Waals surface area contributed by atoms with Gasteiger partial charge in [-0.1, -0.05) is 0 Å². The van der Waals surface area contributed by atoms with Gasteiger partial charge in [-0.25, -0.2) is 16.8 Å². The Bertz CT molecular complexity index is 1140. The summed E-state index contributed by atoms with van der Waals surface area (Å²) in [5.41, 5.74) is 0.553. The van der Waals surface area contributed by atoms with Crippen molar-refractivity contribution in [3.8, 4) is 11.5 Å². The summed E-state index contributed by atoms with van der Waals surface area (Å²) in [6.07, 6.45) is 0.385. The average molecular weight is 455 g/mol. The number of amides is 1. The quantitative estimate of drug-likeness (QED) is 0.648. The van der Waals surface area contributed by atoms with Crippen LogP contribution in [0.2, 0.25) is 0 Å². The van der Waals surface area contributed by atoms with E-state index >= 15 is 0 Å². The van der Waals surface area contributed by atoms with Crippen LogP contribution in [0.15, 0.2) is 47.4 Å². The molecule has 1 amide bonds. The zero-order chi connectivity index (χ0) is 21.9. The molecule has 0 aromatic heterocycles. The Morgan fingerprint density at radius 2 is 1.77 bits per heavy atom. The van der Waals surface area contributed by atoms with Crippen LogP contribution in [-0.4, -0.2) is 54.5 Å². The van der Waals surface area contributed by atoms with Gasteiger partial charge in [0.1, 0.15) is 16.4 Å². The van der Waals surface area contributed by atoms with Crippen molar-refractivity contribution in [2.45, 2.75) is 17.4 Å². The van der Waals surface area contributed by atoms with Gasteiger partial charge in [0.25, 0.3) is 15.9 Å². The lowest BCUT2D eigenvalue weighted by molar-refractivity contribution is 0.0941. The third-order valence-electron chi connectivity index (χ3n) is 4.63. The number of benzene rings is 2. The van der Waals surface area contributed by atoms with E-state index in [0.29, 0.717) is 17.7 Å². The predicted molar refractivity (Wildman–Crippen MR) is 111 cm³/mol. The number of hydrogen-bond donors (Lipinski definition) is 2. The van der Waals surface area contributed by atoms with Crippen molar-refractivity contribution < 1.29 is 31.1 Å². The molecule has 1 saturated heterocycles. The molecule has 0 unspecified atom stereocenters. The van der Waals surface area contributed by atoms with Crippen LogP contribution in [0.4, 0.5) is 5.69 Å². The summed E-state index contributed by atoms with van der Waals surface area (Å²) >= 11 is 0. The first kappa shape index (κ1) is 21.9. The fraction of sp³-hybridized carbons (Fsp3) is 0.316. The largest absolute Gasteiger partial charge is 0.497 e. The third kappa shape index (κ3) is 5.03. The van der Waals surface area contributed by atoms with Gasteiger partial charge in [0.15, 0.2) is 9.84 Å². The topological polar surface area (TPSA) is 128 Å². The Balaban J connectivity index is 1.71. The number of sulfone groups is 1. The molecule has 1 heterocycles. The number of sulfonamides is 1. The Kier molecular flexibility index (Phi) is 6.22. The van der Waals surface area contributed by atoms with E-state index in [1.807, 2.05) is 0 Å². The molecule has 1 aliphatic rings. The lowest BCUT2D eigenvalue weighted by Gasteiger charge is -2.13. The van der Waals surface area contributed by atoms with E-state index in [9.17, 15) is 21.6 Å². The van der Waals surface area contributed by atoms with Crippen molar-refractivity contribution in [1.82, 2.24) is 5.32 Å². The summed E-state index contributed by atoms with van der Waals surface area (Å²) < 4.78 is 61.1. The molecule has 1 aliphatic heterocycles. The maximum absolute atomic E-state index is 12.7. The van der Waals surface area contributed by atoms with Gasteiger partial charge in [0.2, 0.25) is 0 Å². The molecule has 0 aliphatic carbocycles. The molecule has 2 aromatic carbocycles. The average Bonchev–Trinajstić information content (AvgIpc) is 3.05. The Labute approximate surface area is 175 Å². The van der Waals surface area contributed by atoms with Crippen molar-refractivity contribution in [3.63, 3.8) is 0 Å². The zero-order valence-corrected chi connectivity index (χ0v) is 18.0. The molecular weight excluding hydrogens is 432 g/mol. The normalized spacial score (nSPS) is 17.9. The van der Waals surface area contributed by atoms with Crippen molar-refractivity contribution in [1.29, 1.82) is 0 Å². The molecule has 0 radical (unpaired) electrons. The van der Waals surface area contributed by atoms with E-state index in [1.54, 1.807) is 0 Å². The van der Waals surface area contributed by atoms with Gasteiger partial charge in [0, 0.05) is 23.4 Å². The number of nitrogens with one attached hydrogen (secondary N) is 2. The number of rotatable bonds is 7. The second-order valence-electron chi connectivity index (χ2n) is 6.77. The van der Waals surface area contributed by atoms with Crippen molar-refractivity contribution in [3.05, 3.63) is 48.0 Å². The maximum Gasteiger partial charge on any atom is 0.265 e. The van der Waals surface area contributed by atoms with Gasteiger partial charge in [-0.15, -0.1) is 0 Å². The van der Waals surface area contributed by atoms with Crippen LogP contribution < -0.4 is 19.5 Å². The molecule has 2 aromatic rings. The number of methoxy groups -OCH3 is 2. The SMILES string of the molecule is COc1ccc(S(=O)(=O)Nc2ccc(C(=O)N[C@@H]3CCS(=O)(=O)C3)cc2)c(OC)c1. The summed E-state index contributed by atoms with van der Waals surface area (Å²) in [5, 5.41) is 2.69. The second kappa shape index (κ2) is 8.52. The smallest absolute Gasteiger partial charge is 0.265 e. The molecule has 0 spiro atoms. The van der Waals surface area contributed by atoms with Gasteiger partial charge in [0.05, 0.1) is 25.7 Å². The lowest BCUT2D eigenvalue weighted by Crippen LogP contribution is -2.35. The van der Waals surface area contributed by atoms with Crippen LogP contribution in [0.5, 0.6) is 11.5 Å². The molecule has 11 heteroatoms. The Hall–Kier alpha value is -2.79. The second-order valence-corrected chi connectivity index (χ2v) is 10.7. The van der Waals surface area contributed by atoms with E-state index in [2.05, 4.69) is 10.0 Å². The van der Waals surface area contributed by atoms with Gasteiger partial charge in [-0.05, 0) is 42.8 Å². The molecule has 2 N–H and O–H groups in total. The highest BCUT2D eigenvalue weighted by atomic mass is 32.2. The molecule has 162 valence electrons. The minimum atomic E-state index is -3.94. The van der Waals surface area contributed by atoms with Crippen LogP contribution in [0.3, 0.4) is 0 Å². The summed E-state index contributed by atoms with van der Waals surface area (Å²) in [5.74, 6) is 0.164. The third-order valence-corrected chi connectivity index (χ3v) is 7.82. The molecule has 0 bridgehead atoms. The van der Waals surface area contributed by atoms with Crippen LogP contribution >= 0.6 is 0 Å². The number of anilines is 1. The highest BCUT2D eigenvalue weighted by Gasteiger charge is 2.29. The number of ether oxygens (including phenoxy) is 2. The summed E-state index contributed by atoms with van der Waals surface area (Å²) in [4.78, 5) is 12.2. The summed E-state index contributed by atoms with van der Waals surface area (Å²) in [6.45, 7) is 0. The predicted octanol–water partition coefficient (Wildman–Crippen LogP) is 1.42. The lowest BCUT2D eigenvalue weighted by atomic mass is 10.1. The number of hydrogen-bond acceptors (Lipinski definition) is 7. The van der Waals surface area contributed by atoms with Crippen LogP contribution in [0.1, 0.15) is 16.8 Å². The molecule has 3 rings (SSSR count). The first-order valence-electron chi connectivity index (χ1n) is 9.00. The van der Waals surface area contributed by atoms with Crippen molar-refractivity contribution in [2.75, 3.05) is 30.4 Å². The highest BCUT2D eigenvalue weighted by molar-refractivity contribution is 7.92. The van der Waals surface area contributed by atoms with E-state index in [4.69, 9.17) is 9.47 Å². The van der Waals surface area contributed by atoms with Crippen LogP contribution in [-0.2, 0) is 19.9 Å². The van der Waals surface area contributed by atoms with Crippen molar-refractivity contribution in [2.24, 2.45) is 0 Å². The highest BCUT2D eigenvalue weighted by Crippen LogP contribution is 2.29. The van der Waals surface area contributed by atoms with E-state index < -0.39 is 31.8 Å². The minimum absolute atomic E-state index is 0.0601. The number of carbonyl (C=O) groups is 1. The Morgan fingerprint density at radius 1 is 1.07 bits per heavy atom. The van der Waals surface area contributed by atoms with Crippen molar-refractivity contribution >= 4 is 31.5 Å². The molecular formula is C19H22N2O7S2. The maximum atomic E-state index is 12.7. The summed E-state index contributed by atoms with van der Waals surface area (Å²) in [6, 6.07) is 9.75. The first-order chi connectivity index (χ1) is 14.1. The van der Waals surface area contributed by atoms with Gasteiger partial charge >= 0.3 is 0 Å².